The van der Waals surface area contributed by atoms with Gasteiger partial charge in [0.2, 0.25) is 5.95 Å². The Kier molecular flexibility index (Phi) is 6.15. The number of allylic oxidation sites excluding steroid dienone is 3. The summed E-state index contributed by atoms with van der Waals surface area (Å²) in [5.41, 5.74) is 9.41. The van der Waals surface area contributed by atoms with Crippen LogP contribution in [0, 0.1) is 0 Å². The predicted molar refractivity (Wildman–Crippen MR) is 133 cm³/mol. The number of carbonyl (C=O) groups excluding carboxylic acids is 2. The minimum atomic E-state index is -0.268. The Balaban J connectivity index is 1.47. The van der Waals surface area contributed by atoms with Crippen LogP contribution in [0.2, 0.25) is 10.0 Å². The van der Waals surface area contributed by atoms with E-state index in [1.54, 1.807) is 53.5 Å². The number of nitrogens with zero attached hydrogens (tertiary/aromatic N) is 3. The Morgan fingerprint density at radius 1 is 1.11 bits per heavy atom. The lowest BCUT2D eigenvalue weighted by Crippen LogP contribution is -2.36. The monoisotopic (exact) mass is 507 g/mol. The van der Waals surface area contributed by atoms with Gasteiger partial charge in [-0.25, -0.2) is 14.8 Å². The molecular weight excluding hydrogens is 489 g/mol. The van der Waals surface area contributed by atoms with Crippen LogP contribution in [0.15, 0.2) is 66.4 Å². The van der Waals surface area contributed by atoms with Gasteiger partial charge in [0.1, 0.15) is 5.75 Å². The van der Waals surface area contributed by atoms with Gasteiger partial charge in [-0.3, -0.25) is 4.79 Å². The molecule has 0 fully saturated rings. The van der Waals surface area contributed by atoms with E-state index in [0.29, 0.717) is 33.1 Å². The van der Waals surface area contributed by atoms with Crippen LogP contribution in [0.1, 0.15) is 21.6 Å². The molecule has 176 valence electrons. The molecule has 3 aromatic rings. The third-order valence-corrected chi connectivity index (χ3v) is 6.12. The molecule has 0 spiro atoms. The maximum Gasteiger partial charge on any atom is 0.322 e. The first-order chi connectivity index (χ1) is 16.9. The number of rotatable bonds is 6. The molecule has 1 aromatic heterocycles. The van der Waals surface area contributed by atoms with Gasteiger partial charge in [-0.1, -0.05) is 59.6 Å². The van der Waals surface area contributed by atoms with E-state index in [2.05, 4.69) is 15.3 Å². The third kappa shape index (κ3) is 4.71. The van der Waals surface area contributed by atoms with E-state index >= 15 is 0 Å². The van der Waals surface area contributed by atoms with E-state index in [9.17, 15) is 9.59 Å². The first-order valence-electron chi connectivity index (χ1n) is 10.7. The molecule has 0 saturated heterocycles. The molecule has 3 N–H and O–H groups in total. The smallest absolute Gasteiger partial charge is 0.322 e. The van der Waals surface area contributed by atoms with Crippen LogP contribution in [0.4, 0.5) is 10.7 Å². The second kappa shape index (κ2) is 9.40. The predicted octanol–water partition coefficient (Wildman–Crippen LogP) is 4.77. The minimum Gasteiger partial charge on any atom is -0.485 e. The zero-order chi connectivity index (χ0) is 24.5. The summed E-state index contributed by atoms with van der Waals surface area (Å²) in [4.78, 5) is 35.7. The first-order valence-corrected chi connectivity index (χ1v) is 11.4. The maximum atomic E-state index is 12.7. The molecular formula is C25H19Cl2N5O3. The number of hydrogen-bond donors (Lipinski definition) is 2. The lowest BCUT2D eigenvalue weighted by Gasteiger charge is -2.18. The minimum absolute atomic E-state index is 0.0305. The van der Waals surface area contributed by atoms with Crippen molar-refractivity contribution in [3.63, 3.8) is 0 Å². The fourth-order valence-corrected chi connectivity index (χ4v) is 4.41. The molecule has 0 atom stereocenters. The number of hydrogen-bond acceptors (Lipinski definition) is 6. The average molecular weight is 508 g/mol. The van der Waals surface area contributed by atoms with Crippen LogP contribution < -0.4 is 15.8 Å². The van der Waals surface area contributed by atoms with E-state index < -0.39 is 0 Å². The Hall–Kier alpha value is -3.88. The van der Waals surface area contributed by atoms with Crippen LogP contribution in [0.3, 0.4) is 0 Å². The molecule has 0 radical (unpaired) electrons. The van der Waals surface area contributed by atoms with Gasteiger partial charge in [0.05, 0.1) is 35.1 Å². The topological polar surface area (TPSA) is 110 Å². The van der Waals surface area contributed by atoms with Crippen molar-refractivity contribution in [3.05, 3.63) is 93.3 Å². The maximum absolute atomic E-state index is 12.7. The number of ketones is 1. The van der Waals surface area contributed by atoms with Gasteiger partial charge in [-0.15, -0.1) is 0 Å². The van der Waals surface area contributed by atoms with Gasteiger partial charge in [0, 0.05) is 21.8 Å². The number of ether oxygens (including phenoxy) is 1. The molecule has 10 heteroatoms. The van der Waals surface area contributed by atoms with Crippen molar-refractivity contribution in [1.29, 1.82) is 0 Å². The van der Waals surface area contributed by atoms with E-state index in [0.717, 1.165) is 5.70 Å². The van der Waals surface area contributed by atoms with Crippen molar-refractivity contribution >= 4 is 41.0 Å². The number of carbonyl (C=O) groups is 2. The molecule has 35 heavy (non-hydrogen) atoms. The fraction of sp³-hybridized carbons (Fsp3) is 0.120. The first kappa shape index (κ1) is 22.9. The van der Waals surface area contributed by atoms with Gasteiger partial charge >= 0.3 is 6.03 Å². The summed E-state index contributed by atoms with van der Waals surface area (Å²) in [5.74, 6) is 0.102. The second-order valence-corrected chi connectivity index (χ2v) is 8.81. The van der Waals surface area contributed by atoms with Crippen molar-refractivity contribution in [2.75, 3.05) is 12.3 Å². The summed E-state index contributed by atoms with van der Waals surface area (Å²) in [5, 5.41) is 3.43. The third-order valence-electron chi connectivity index (χ3n) is 5.60. The Bertz CT molecular complexity index is 1410. The summed E-state index contributed by atoms with van der Waals surface area (Å²) in [6.07, 6.45) is 5.45. The molecule has 0 unspecified atom stereocenters. The van der Waals surface area contributed by atoms with Crippen molar-refractivity contribution in [2.45, 2.75) is 13.1 Å². The lowest BCUT2D eigenvalue weighted by molar-refractivity contribution is 0.0922. The van der Waals surface area contributed by atoms with Crippen molar-refractivity contribution in [1.82, 2.24) is 20.2 Å². The number of aromatic nitrogens is 2. The standard InChI is InChI=1S/C25H19Cl2N5O3/c26-15-9-18(27)22(21(10-15)35-13-20(33)14-5-2-1-3-6-14)23-17-11-32(12-19(17)30-24(28)31-23)25(34)29-16-7-4-8-16/h1-10H,11-13H2,(H,29,34)(H2,28,30,31). The number of anilines is 1. The molecule has 2 amide bonds. The molecule has 2 aliphatic rings. The number of nitrogens with two attached hydrogens (primary N) is 1. The van der Waals surface area contributed by atoms with Crippen molar-refractivity contribution in [3.8, 4) is 17.0 Å². The summed E-state index contributed by atoms with van der Waals surface area (Å²) in [6, 6.07) is 11.7. The highest BCUT2D eigenvalue weighted by Gasteiger charge is 2.31. The highest BCUT2D eigenvalue weighted by atomic mass is 35.5. The van der Waals surface area contributed by atoms with Gasteiger partial charge in [0.25, 0.3) is 0 Å². The summed E-state index contributed by atoms with van der Waals surface area (Å²) >= 11 is 12.8. The van der Waals surface area contributed by atoms with Gasteiger partial charge in [-0.2, -0.15) is 0 Å². The fourth-order valence-electron chi connectivity index (χ4n) is 3.85. The molecule has 5 rings (SSSR count). The van der Waals surface area contributed by atoms with Crippen molar-refractivity contribution in [2.24, 2.45) is 0 Å². The van der Waals surface area contributed by atoms with E-state index in [-0.39, 0.29) is 48.2 Å². The largest absolute Gasteiger partial charge is 0.485 e. The number of urea groups is 1. The van der Waals surface area contributed by atoms with E-state index in [4.69, 9.17) is 33.7 Å². The van der Waals surface area contributed by atoms with E-state index in [1.807, 2.05) is 12.1 Å². The second-order valence-electron chi connectivity index (χ2n) is 7.96. The van der Waals surface area contributed by atoms with Crippen LogP contribution in [-0.4, -0.2) is 33.3 Å². The summed E-state index contributed by atoms with van der Waals surface area (Å²) in [7, 11) is 0. The number of nitrogens with one attached hydrogen (secondary N) is 1. The zero-order valence-corrected chi connectivity index (χ0v) is 19.8. The zero-order valence-electron chi connectivity index (χ0n) is 18.3. The summed E-state index contributed by atoms with van der Waals surface area (Å²) in [6.45, 7) is 0.272. The van der Waals surface area contributed by atoms with Gasteiger partial charge in [-0.05, 0) is 24.3 Å². The average Bonchev–Trinajstić information content (AvgIpc) is 3.24. The molecule has 2 heterocycles. The number of halogens is 2. The number of nitrogen functional groups attached to an aromatic ring is 1. The molecule has 1 aliphatic carbocycles. The van der Waals surface area contributed by atoms with Crippen LogP contribution in [0.25, 0.3) is 11.3 Å². The molecule has 0 saturated carbocycles. The quantitative estimate of drug-likeness (QED) is 0.464. The highest BCUT2D eigenvalue weighted by Crippen LogP contribution is 2.42. The number of Topliss-reactive ketones (excluding diaryl/α,β-unsaturated/α-hetero) is 1. The number of amides is 2. The van der Waals surface area contributed by atoms with Gasteiger partial charge < -0.3 is 20.7 Å². The van der Waals surface area contributed by atoms with Gasteiger partial charge in [0.15, 0.2) is 12.4 Å². The van der Waals surface area contributed by atoms with E-state index in [1.165, 1.54) is 0 Å². The molecule has 0 bridgehead atoms. The Morgan fingerprint density at radius 3 is 2.60 bits per heavy atom. The number of benzene rings is 2. The summed E-state index contributed by atoms with van der Waals surface area (Å²) < 4.78 is 5.89. The normalized spacial score (nSPS) is 13.7. The van der Waals surface area contributed by atoms with Crippen LogP contribution in [0.5, 0.6) is 5.75 Å². The SMILES string of the molecule is Nc1nc2c(c(-c3c(Cl)cc(Cl)cc3OCC(=O)c3ccccc3)n1)CN(C(=O)NC1=CC=C1)C2. The Labute approximate surface area is 211 Å². The van der Waals surface area contributed by atoms with Crippen LogP contribution >= 0.6 is 23.2 Å². The molecule has 1 aliphatic heterocycles. The van der Waals surface area contributed by atoms with Crippen molar-refractivity contribution < 1.29 is 14.3 Å². The molecule has 2 aromatic carbocycles. The highest BCUT2D eigenvalue weighted by molar-refractivity contribution is 6.37. The molecule has 8 nitrogen and oxygen atoms in total. The number of fused-ring (bicyclic) bond motifs is 1. The lowest BCUT2D eigenvalue weighted by atomic mass is 10.0. The Morgan fingerprint density at radius 2 is 1.89 bits per heavy atom. The van der Waals surface area contributed by atoms with Crippen LogP contribution in [-0.2, 0) is 13.1 Å².